The van der Waals surface area contributed by atoms with Gasteiger partial charge < -0.3 is 10.6 Å². The van der Waals surface area contributed by atoms with Gasteiger partial charge in [0, 0.05) is 35.2 Å². The van der Waals surface area contributed by atoms with E-state index in [4.69, 9.17) is 11.6 Å². The molecule has 2 rings (SSSR count). The zero-order valence-corrected chi connectivity index (χ0v) is 11.3. The molecule has 1 aliphatic rings. The molecule has 1 atom stereocenters. The minimum Gasteiger partial charge on any atom is -0.314 e. The Morgan fingerprint density at radius 3 is 2.73 bits per heavy atom. The summed E-state index contributed by atoms with van der Waals surface area (Å²) in [5.41, 5.74) is 1.17. The third-order valence-corrected chi connectivity index (χ3v) is 3.20. The summed E-state index contributed by atoms with van der Waals surface area (Å²) in [6, 6.07) is 6.37. The number of benzene rings is 1. The molecule has 0 saturated carbocycles. The predicted molar refractivity (Wildman–Crippen MR) is 70.0 cm³/mol. The number of rotatable bonds is 1. The van der Waals surface area contributed by atoms with Crippen LogP contribution in [0.5, 0.6) is 0 Å². The highest BCUT2D eigenvalue weighted by Gasteiger charge is 2.16. The molecule has 1 aromatic rings. The molecule has 1 fully saturated rings. The van der Waals surface area contributed by atoms with E-state index in [1.165, 1.54) is 5.56 Å². The Hall–Kier alpha value is 0.200. The monoisotopic (exact) mass is 310 g/mol. The molecule has 0 unspecified atom stereocenters. The molecule has 1 heterocycles. The first kappa shape index (κ1) is 13.3. The number of nitrogens with one attached hydrogen (secondary N) is 2. The van der Waals surface area contributed by atoms with Gasteiger partial charge in [-0.25, -0.2) is 0 Å². The van der Waals surface area contributed by atoms with Crippen LogP contribution < -0.4 is 10.6 Å². The lowest BCUT2D eigenvalue weighted by Crippen LogP contribution is -2.42. The standard InChI is InChI=1S/C10H12BrClN2.ClH/c11-7-1-2-8(9(12)5-7)10-6-13-3-4-14-10;/h1-2,5,10,13-14H,3-4,6H2;1H/t10-;/m0./s1. The fourth-order valence-electron chi connectivity index (χ4n) is 1.66. The van der Waals surface area contributed by atoms with Crippen molar-refractivity contribution < 1.29 is 0 Å². The number of hydrogen-bond acceptors (Lipinski definition) is 2. The van der Waals surface area contributed by atoms with Crippen molar-refractivity contribution in [2.75, 3.05) is 19.6 Å². The van der Waals surface area contributed by atoms with Crippen molar-refractivity contribution in [2.24, 2.45) is 0 Å². The van der Waals surface area contributed by atoms with E-state index >= 15 is 0 Å². The maximum atomic E-state index is 6.17. The maximum Gasteiger partial charge on any atom is 0.0465 e. The lowest BCUT2D eigenvalue weighted by atomic mass is 10.1. The Bertz CT molecular complexity index is 327. The van der Waals surface area contributed by atoms with Gasteiger partial charge in [-0.05, 0) is 17.7 Å². The molecule has 0 aromatic heterocycles. The summed E-state index contributed by atoms with van der Waals surface area (Å²) in [7, 11) is 0. The van der Waals surface area contributed by atoms with E-state index in [9.17, 15) is 0 Å². The number of piperazine rings is 1. The van der Waals surface area contributed by atoms with Crippen molar-refractivity contribution in [3.63, 3.8) is 0 Å². The van der Waals surface area contributed by atoms with Crippen LogP contribution in [0.2, 0.25) is 5.02 Å². The molecule has 0 amide bonds. The van der Waals surface area contributed by atoms with E-state index in [0.717, 1.165) is 29.1 Å². The third kappa shape index (κ3) is 3.33. The zero-order chi connectivity index (χ0) is 9.97. The van der Waals surface area contributed by atoms with Crippen LogP contribution in [-0.4, -0.2) is 19.6 Å². The van der Waals surface area contributed by atoms with Crippen LogP contribution in [0.25, 0.3) is 0 Å². The van der Waals surface area contributed by atoms with Gasteiger partial charge in [-0.15, -0.1) is 12.4 Å². The molecule has 15 heavy (non-hydrogen) atoms. The van der Waals surface area contributed by atoms with Crippen LogP contribution in [0.15, 0.2) is 22.7 Å². The third-order valence-electron chi connectivity index (χ3n) is 2.38. The molecule has 0 radical (unpaired) electrons. The molecule has 0 bridgehead atoms. The smallest absolute Gasteiger partial charge is 0.0465 e. The molecular formula is C10H13BrCl2N2. The van der Waals surface area contributed by atoms with Crippen molar-refractivity contribution in [1.82, 2.24) is 10.6 Å². The average Bonchev–Trinajstić information content (AvgIpc) is 2.19. The van der Waals surface area contributed by atoms with E-state index in [1.807, 2.05) is 12.1 Å². The molecule has 2 nitrogen and oxygen atoms in total. The Morgan fingerprint density at radius 2 is 2.13 bits per heavy atom. The normalized spacial score (nSPS) is 20.8. The van der Waals surface area contributed by atoms with Gasteiger partial charge in [0.1, 0.15) is 0 Å². The summed E-state index contributed by atoms with van der Waals surface area (Å²) >= 11 is 9.56. The number of hydrogen-bond donors (Lipinski definition) is 2. The minimum atomic E-state index is 0. The highest BCUT2D eigenvalue weighted by Crippen LogP contribution is 2.26. The lowest BCUT2D eigenvalue weighted by Gasteiger charge is -2.25. The van der Waals surface area contributed by atoms with Crippen molar-refractivity contribution in [3.8, 4) is 0 Å². The molecule has 5 heteroatoms. The summed E-state index contributed by atoms with van der Waals surface area (Å²) in [6.45, 7) is 2.98. The van der Waals surface area contributed by atoms with E-state index in [2.05, 4.69) is 32.6 Å². The summed E-state index contributed by atoms with van der Waals surface area (Å²) in [5, 5.41) is 7.60. The first-order chi connectivity index (χ1) is 6.77. The summed E-state index contributed by atoms with van der Waals surface area (Å²) < 4.78 is 1.02. The molecule has 2 N–H and O–H groups in total. The van der Waals surface area contributed by atoms with Gasteiger partial charge in [0.2, 0.25) is 0 Å². The van der Waals surface area contributed by atoms with Gasteiger partial charge in [0.15, 0.2) is 0 Å². The van der Waals surface area contributed by atoms with Crippen LogP contribution in [0.4, 0.5) is 0 Å². The zero-order valence-electron chi connectivity index (χ0n) is 8.09. The molecule has 0 aliphatic carbocycles. The van der Waals surface area contributed by atoms with Crippen LogP contribution in [0, 0.1) is 0 Å². The van der Waals surface area contributed by atoms with Gasteiger partial charge in [0.25, 0.3) is 0 Å². The quantitative estimate of drug-likeness (QED) is 0.833. The van der Waals surface area contributed by atoms with Gasteiger partial charge in [0.05, 0.1) is 0 Å². The second kappa shape index (κ2) is 6.06. The highest BCUT2D eigenvalue weighted by atomic mass is 79.9. The van der Waals surface area contributed by atoms with Crippen molar-refractivity contribution in [3.05, 3.63) is 33.3 Å². The summed E-state index contributed by atoms with van der Waals surface area (Å²) in [6.07, 6.45) is 0. The van der Waals surface area contributed by atoms with Crippen molar-refractivity contribution in [2.45, 2.75) is 6.04 Å². The predicted octanol–water partition coefficient (Wildman–Crippen LogP) is 2.76. The van der Waals surface area contributed by atoms with Crippen molar-refractivity contribution >= 4 is 39.9 Å². The molecule has 1 aromatic carbocycles. The largest absolute Gasteiger partial charge is 0.314 e. The van der Waals surface area contributed by atoms with Crippen LogP contribution in [-0.2, 0) is 0 Å². The van der Waals surface area contributed by atoms with Gasteiger partial charge in [-0.3, -0.25) is 0 Å². The van der Waals surface area contributed by atoms with E-state index < -0.39 is 0 Å². The van der Waals surface area contributed by atoms with Crippen LogP contribution in [0.1, 0.15) is 11.6 Å². The first-order valence-corrected chi connectivity index (χ1v) is 5.83. The maximum absolute atomic E-state index is 6.17. The lowest BCUT2D eigenvalue weighted by molar-refractivity contribution is 0.430. The van der Waals surface area contributed by atoms with E-state index in [-0.39, 0.29) is 12.4 Å². The molecule has 0 spiro atoms. The van der Waals surface area contributed by atoms with Gasteiger partial charge in [-0.2, -0.15) is 0 Å². The Kier molecular flexibility index (Phi) is 5.36. The summed E-state index contributed by atoms with van der Waals surface area (Å²) in [4.78, 5) is 0. The fraction of sp³-hybridized carbons (Fsp3) is 0.400. The average molecular weight is 312 g/mol. The first-order valence-electron chi connectivity index (χ1n) is 4.66. The highest BCUT2D eigenvalue weighted by molar-refractivity contribution is 9.10. The second-order valence-electron chi connectivity index (χ2n) is 3.38. The van der Waals surface area contributed by atoms with E-state index in [0.29, 0.717) is 6.04 Å². The fourth-order valence-corrected chi connectivity index (χ4v) is 2.46. The molecule has 1 aliphatic heterocycles. The van der Waals surface area contributed by atoms with Gasteiger partial charge >= 0.3 is 0 Å². The summed E-state index contributed by atoms with van der Waals surface area (Å²) in [5.74, 6) is 0. The van der Waals surface area contributed by atoms with E-state index in [1.54, 1.807) is 0 Å². The molecule has 84 valence electrons. The SMILES string of the molecule is Cl.Clc1cc(Br)ccc1[C@@H]1CNCCN1. The Balaban J connectivity index is 0.00000112. The van der Waals surface area contributed by atoms with Crippen molar-refractivity contribution in [1.29, 1.82) is 0 Å². The minimum absolute atomic E-state index is 0. The molecule has 1 saturated heterocycles. The topological polar surface area (TPSA) is 24.1 Å². The van der Waals surface area contributed by atoms with Gasteiger partial charge in [-0.1, -0.05) is 33.6 Å². The Labute approximate surface area is 109 Å². The Morgan fingerprint density at radius 1 is 1.33 bits per heavy atom. The second-order valence-corrected chi connectivity index (χ2v) is 4.70. The number of halogens is 3. The molecular weight excluding hydrogens is 299 g/mol. The van der Waals surface area contributed by atoms with Crippen LogP contribution in [0.3, 0.4) is 0 Å². The van der Waals surface area contributed by atoms with Crippen LogP contribution >= 0.6 is 39.9 Å².